The predicted octanol–water partition coefficient (Wildman–Crippen LogP) is 2.69. The zero-order valence-corrected chi connectivity index (χ0v) is 15.7. The van der Waals surface area contributed by atoms with Crippen molar-refractivity contribution in [1.82, 2.24) is 9.97 Å². The third-order valence-corrected chi connectivity index (χ3v) is 4.48. The molecule has 3 rings (SSSR count). The SMILES string of the molecule is COC(=O)Nc1cc(-c2cc(N3CCOC[C@H]3C(F)(F)F)[nH]c(=O)c2)c(C)cn1. The maximum absolute atomic E-state index is 13.4. The van der Waals surface area contributed by atoms with Crippen molar-refractivity contribution >= 4 is 17.7 Å². The number of aromatic nitrogens is 2. The maximum Gasteiger partial charge on any atom is 0.412 e. The maximum atomic E-state index is 13.4. The Morgan fingerprint density at radius 1 is 1.38 bits per heavy atom. The summed E-state index contributed by atoms with van der Waals surface area (Å²) in [5.74, 6) is 0.218. The lowest BCUT2D eigenvalue weighted by Crippen LogP contribution is -2.54. The average molecular weight is 412 g/mol. The minimum atomic E-state index is -4.52. The second kappa shape index (κ2) is 8.11. The first kappa shape index (κ1) is 20.6. The smallest absolute Gasteiger partial charge is 0.412 e. The zero-order valence-electron chi connectivity index (χ0n) is 15.7. The molecule has 0 aromatic carbocycles. The molecule has 1 amide bonds. The molecule has 2 aromatic heterocycles. The van der Waals surface area contributed by atoms with Gasteiger partial charge in [0.15, 0.2) is 0 Å². The van der Waals surface area contributed by atoms with Gasteiger partial charge >= 0.3 is 12.3 Å². The largest absolute Gasteiger partial charge is 0.453 e. The Hall–Kier alpha value is -3.08. The lowest BCUT2D eigenvalue weighted by molar-refractivity contribution is -0.167. The molecule has 0 saturated carbocycles. The Bertz CT molecular complexity index is 961. The number of hydrogen-bond donors (Lipinski definition) is 2. The molecule has 1 atom stereocenters. The summed E-state index contributed by atoms with van der Waals surface area (Å²) in [5, 5.41) is 2.41. The lowest BCUT2D eigenvalue weighted by atomic mass is 10.0. The topological polar surface area (TPSA) is 96.5 Å². The number of H-pyrrole nitrogens is 1. The summed E-state index contributed by atoms with van der Waals surface area (Å²) in [6, 6.07) is 2.40. The number of ether oxygens (including phenoxy) is 2. The number of amides is 1. The van der Waals surface area contributed by atoms with Gasteiger partial charge < -0.3 is 19.4 Å². The number of aromatic amines is 1. The van der Waals surface area contributed by atoms with Gasteiger partial charge in [0.25, 0.3) is 0 Å². The van der Waals surface area contributed by atoms with Gasteiger partial charge in [-0.3, -0.25) is 10.1 Å². The third kappa shape index (κ3) is 4.67. The van der Waals surface area contributed by atoms with E-state index in [0.717, 1.165) is 4.90 Å². The van der Waals surface area contributed by atoms with Crippen LogP contribution in [0.2, 0.25) is 0 Å². The Morgan fingerprint density at radius 2 is 2.14 bits per heavy atom. The quantitative estimate of drug-likeness (QED) is 0.805. The fourth-order valence-corrected chi connectivity index (χ4v) is 3.06. The summed E-state index contributed by atoms with van der Waals surface area (Å²) in [5.41, 5.74) is 1.05. The van der Waals surface area contributed by atoms with E-state index in [1.807, 2.05) is 0 Å². The van der Waals surface area contributed by atoms with Crippen molar-refractivity contribution in [3.8, 4) is 11.1 Å². The number of nitrogens with one attached hydrogen (secondary N) is 2. The van der Waals surface area contributed by atoms with Crippen molar-refractivity contribution in [1.29, 1.82) is 0 Å². The molecule has 0 unspecified atom stereocenters. The summed E-state index contributed by atoms with van der Waals surface area (Å²) in [4.78, 5) is 31.2. The zero-order chi connectivity index (χ0) is 21.2. The number of hydrogen-bond acceptors (Lipinski definition) is 6. The number of carbonyl (C=O) groups is 1. The minimum Gasteiger partial charge on any atom is -0.453 e. The second-order valence-electron chi connectivity index (χ2n) is 6.45. The molecule has 1 saturated heterocycles. The van der Waals surface area contributed by atoms with Gasteiger partial charge in [-0.1, -0.05) is 0 Å². The normalized spacial score (nSPS) is 17.1. The van der Waals surface area contributed by atoms with E-state index < -0.39 is 30.5 Å². The first-order valence-electron chi connectivity index (χ1n) is 8.66. The van der Waals surface area contributed by atoms with Gasteiger partial charge in [0, 0.05) is 18.8 Å². The van der Waals surface area contributed by atoms with Crippen LogP contribution in [0.5, 0.6) is 0 Å². The summed E-state index contributed by atoms with van der Waals surface area (Å²) >= 11 is 0. The molecule has 29 heavy (non-hydrogen) atoms. The van der Waals surface area contributed by atoms with Crippen molar-refractivity contribution in [2.75, 3.05) is 37.1 Å². The van der Waals surface area contributed by atoms with Crippen LogP contribution in [0, 0.1) is 6.92 Å². The molecular formula is C18H19F3N4O4. The molecule has 11 heteroatoms. The molecule has 8 nitrogen and oxygen atoms in total. The first-order valence-corrected chi connectivity index (χ1v) is 8.66. The summed E-state index contributed by atoms with van der Waals surface area (Å²) < 4.78 is 49.7. The van der Waals surface area contributed by atoms with Crippen molar-refractivity contribution in [2.45, 2.75) is 19.1 Å². The van der Waals surface area contributed by atoms with Gasteiger partial charge in [0.1, 0.15) is 17.7 Å². The second-order valence-corrected chi connectivity index (χ2v) is 6.45. The van der Waals surface area contributed by atoms with Crippen LogP contribution in [0.3, 0.4) is 0 Å². The van der Waals surface area contributed by atoms with Crippen LogP contribution in [0.4, 0.5) is 29.6 Å². The molecule has 0 bridgehead atoms. The van der Waals surface area contributed by atoms with E-state index in [-0.39, 0.29) is 24.8 Å². The van der Waals surface area contributed by atoms with E-state index in [1.165, 1.54) is 31.5 Å². The van der Waals surface area contributed by atoms with Gasteiger partial charge in [-0.2, -0.15) is 13.2 Å². The van der Waals surface area contributed by atoms with E-state index in [9.17, 15) is 22.8 Å². The Kier molecular flexibility index (Phi) is 5.78. The van der Waals surface area contributed by atoms with E-state index in [2.05, 4.69) is 20.0 Å². The number of pyridine rings is 2. The van der Waals surface area contributed by atoms with E-state index in [0.29, 0.717) is 16.7 Å². The Labute approximate surface area is 163 Å². The fraction of sp³-hybridized carbons (Fsp3) is 0.389. The van der Waals surface area contributed by atoms with Crippen LogP contribution < -0.4 is 15.8 Å². The number of anilines is 2. The predicted molar refractivity (Wildman–Crippen MR) is 99.1 cm³/mol. The first-order chi connectivity index (χ1) is 13.7. The Balaban J connectivity index is 2.02. The minimum absolute atomic E-state index is 0.0198. The number of morpholine rings is 1. The number of halogens is 3. The molecular weight excluding hydrogens is 393 g/mol. The average Bonchev–Trinajstić information content (AvgIpc) is 2.68. The number of methoxy groups -OCH3 is 1. The van der Waals surface area contributed by atoms with Crippen molar-refractivity contribution in [3.05, 3.63) is 40.3 Å². The van der Waals surface area contributed by atoms with Crippen LogP contribution in [0.1, 0.15) is 5.56 Å². The summed E-state index contributed by atoms with van der Waals surface area (Å²) in [7, 11) is 1.20. The van der Waals surface area contributed by atoms with Crippen LogP contribution in [0.25, 0.3) is 11.1 Å². The molecule has 156 valence electrons. The van der Waals surface area contributed by atoms with E-state index >= 15 is 0 Å². The van der Waals surface area contributed by atoms with Crippen molar-refractivity contribution < 1.29 is 27.4 Å². The highest BCUT2D eigenvalue weighted by atomic mass is 19.4. The van der Waals surface area contributed by atoms with Gasteiger partial charge in [-0.25, -0.2) is 9.78 Å². The molecule has 0 spiro atoms. The van der Waals surface area contributed by atoms with Gasteiger partial charge in [-0.15, -0.1) is 0 Å². The third-order valence-electron chi connectivity index (χ3n) is 4.48. The number of alkyl halides is 3. The number of aryl methyl sites for hydroxylation is 1. The number of carbonyl (C=O) groups excluding carboxylic acids is 1. The van der Waals surface area contributed by atoms with E-state index in [1.54, 1.807) is 6.92 Å². The van der Waals surface area contributed by atoms with Gasteiger partial charge in [-0.05, 0) is 35.7 Å². The standard InChI is InChI=1S/C18H19F3N4O4/c1-10-8-22-14(23-17(27)28-2)7-12(10)11-5-15(24-16(26)6-11)25-3-4-29-9-13(25)18(19,20)21/h5-8,13H,3-4,9H2,1-2H3,(H,24,26)(H,22,23,27)/t13-/m0/s1. The molecule has 2 N–H and O–H groups in total. The fourth-order valence-electron chi connectivity index (χ4n) is 3.06. The monoisotopic (exact) mass is 412 g/mol. The van der Waals surface area contributed by atoms with Gasteiger partial charge in [0.05, 0.1) is 20.3 Å². The summed E-state index contributed by atoms with van der Waals surface area (Å²) in [6.07, 6.45) is -3.76. The van der Waals surface area contributed by atoms with Crippen molar-refractivity contribution in [2.24, 2.45) is 0 Å². The molecule has 3 heterocycles. The van der Waals surface area contributed by atoms with Gasteiger partial charge in [0.2, 0.25) is 5.56 Å². The van der Waals surface area contributed by atoms with Crippen LogP contribution >= 0.6 is 0 Å². The highest BCUT2D eigenvalue weighted by Crippen LogP contribution is 2.32. The molecule has 2 aromatic rings. The molecule has 1 aliphatic heterocycles. The highest BCUT2D eigenvalue weighted by molar-refractivity contribution is 5.84. The summed E-state index contributed by atoms with van der Waals surface area (Å²) in [6.45, 7) is 1.31. The molecule has 0 radical (unpaired) electrons. The Morgan fingerprint density at radius 3 is 2.83 bits per heavy atom. The van der Waals surface area contributed by atoms with Crippen LogP contribution in [-0.4, -0.2) is 55.1 Å². The molecule has 1 aliphatic rings. The van der Waals surface area contributed by atoms with Crippen LogP contribution in [-0.2, 0) is 9.47 Å². The lowest BCUT2D eigenvalue weighted by Gasteiger charge is -2.37. The van der Waals surface area contributed by atoms with Crippen LogP contribution in [0.15, 0.2) is 29.2 Å². The number of rotatable bonds is 3. The molecule has 1 fully saturated rings. The van der Waals surface area contributed by atoms with Crippen molar-refractivity contribution in [3.63, 3.8) is 0 Å². The number of nitrogens with zero attached hydrogens (tertiary/aromatic N) is 2. The molecule has 0 aliphatic carbocycles. The van der Waals surface area contributed by atoms with E-state index in [4.69, 9.17) is 4.74 Å². The highest BCUT2D eigenvalue weighted by Gasteiger charge is 2.45.